The monoisotopic (exact) mass is 313 g/mol. The molecule has 1 aliphatic rings. The zero-order chi connectivity index (χ0) is 16.1. The Morgan fingerprint density at radius 1 is 1.04 bits per heavy atom. The van der Waals surface area contributed by atoms with Crippen LogP contribution in [0.25, 0.3) is 0 Å². The van der Waals surface area contributed by atoms with Gasteiger partial charge in [0.1, 0.15) is 5.75 Å². The number of phenols is 1. The number of ether oxygens (including phenoxy) is 1. The maximum atomic E-state index is 9.39. The summed E-state index contributed by atoms with van der Waals surface area (Å²) in [5.74, 6) is 0.290. The predicted octanol–water partition coefficient (Wildman–Crippen LogP) is 2.93. The molecule has 4 heteroatoms. The third-order valence-corrected chi connectivity index (χ3v) is 4.28. The first-order valence-corrected chi connectivity index (χ1v) is 8.09. The van der Waals surface area contributed by atoms with Gasteiger partial charge in [-0.25, -0.2) is 0 Å². The lowest BCUT2D eigenvalue weighted by atomic mass is 10.0. The van der Waals surface area contributed by atoms with Crippen LogP contribution in [0.3, 0.4) is 0 Å². The number of hydrogen-bond acceptors (Lipinski definition) is 4. The summed E-state index contributed by atoms with van der Waals surface area (Å²) in [6.07, 6.45) is 2.68. The molecule has 2 aromatic carbocycles. The van der Waals surface area contributed by atoms with Crippen LogP contribution in [-0.2, 0) is 11.2 Å². The molecule has 2 aromatic rings. The summed E-state index contributed by atoms with van der Waals surface area (Å²) in [5.41, 5.74) is 3.51. The first kappa shape index (κ1) is 15.8. The van der Waals surface area contributed by atoms with Crippen LogP contribution in [-0.4, -0.2) is 35.6 Å². The Morgan fingerprint density at radius 2 is 1.83 bits per heavy atom. The predicted molar refractivity (Wildman–Crippen MR) is 90.8 cm³/mol. The largest absolute Gasteiger partial charge is 0.508 e. The van der Waals surface area contributed by atoms with Crippen LogP contribution < -0.4 is 5.32 Å². The van der Waals surface area contributed by atoms with Gasteiger partial charge in [0.25, 0.3) is 0 Å². The van der Waals surface area contributed by atoms with Gasteiger partial charge in [-0.15, -0.1) is 0 Å². The highest BCUT2D eigenvalue weighted by Gasteiger charge is 2.21. The zero-order valence-corrected chi connectivity index (χ0v) is 13.1. The van der Waals surface area contributed by atoms with Crippen LogP contribution in [0.5, 0.6) is 5.75 Å². The number of phenolic OH excluding ortho intramolecular Hbond substituents is 1. The molecular formula is C19H23NO3. The minimum atomic E-state index is -0.0136. The smallest absolute Gasteiger partial charge is 0.115 e. The second-order valence-corrected chi connectivity index (χ2v) is 6.06. The summed E-state index contributed by atoms with van der Waals surface area (Å²) in [5, 5.41) is 22.1. The fourth-order valence-corrected chi connectivity index (χ4v) is 2.93. The van der Waals surface area contributed by atoms with Crippen LogP contribution in [0.4, 0.5) is 5.69 Å². The summed E-state index contributed by atoms with van der Waals surface area (Å²) < 4.78 is 5.64. The van der Waals surface area contributed by atoms with E-state index in [2.05, 4.69) is 17.4 Å². The van der Waals surface area contributed by atoms with E-state index in [0.717, 1.165) is 30.5 Å². The van der Waals surface area contributed by atoms with Crippen molar-refractivity contribution in [2.75, 3.05) is 18.5 Å². The summed E-state index contributed by atoms with van der Waals surface area (Å²) in [6, 6.07) is 15.9. The fraction of sp³-hybridized carbons (Fsp3) is 0.368. The Bertz CT molecular complexity index is 619. The maximum Gasteiger partial charge on any atom is 0.115 e. The molecule has 0 saturated carbocycles. The quantitative estimate of drug-likeness (QED) is 0.794. The van der Waals surface area contributed by atoms with E-state index in [9.17, 15) is 5.11 Å². The van der Waals surface area contributed by atoms with Crippen molar-refractivity contribution >= 4 is 5.69 Å². The standard InChI is InChI=1S/C19H23NO3/c21-12-18-10-7-16(13-23-18)20-19-4-2-1-3-15(19)11-14-5-8-17(22)9-6-14/h1-6,8-9,16,18,20-22H,7,10-13H2/t16-,18+/m1/s1. The van der Waals surface area contributed by atoms with Crippen molar-refractivity contribution in [1.82, 2.24) is 0 Å². The average Bonchev–Trinajstić information content (AvgIpc) is 2.59. The van der Waals surface area contributed by atoms with Crippen LogP contribution >= 0.6 is 0 Å². The molecule has 0 aliphatic carbocycles. The van der Waals surface area contributed by atoms with Gasteiger partial charge in [0.15, 0.2) is 0 Å². The van der Waals surface area contributed by atoms with Crippen molar-refractivity contribution in [3.8, 4) is 5.75 Å². The maximum absolute atomic E-state index is 9.39. The SMILES string of the molecule is OC[C@@H]1CC[C@@H](Nc2ccccc2Cc2ccc(O)cc2)CO1. The van der Waals surface area contributed by atoms with Gasteiger partial charge in [0, 0.05) is 11.7 Å². The molecule has 1 heterocycles. The molecule has 1 aliphatic heterocycles. The molecule has 1 saturated heterocycles. The lowest BCUT2D eigenvalue weighted by Gasteiger charge is -2.29. The van der Waals surface area contributed by atoms with E-state index >= 15 is 0 Å². The molecule has 23 heavy (non-hydrogen) atoms. The van der Waals surface area contributed by atoms with E-state index in [1.165, 1.54) is 5.56 Å². The Kier molecular flexibility index (Phi) is 5.16. The van der Waals surface area contributed by atoms with Crippen molar-refractivity contribution < 1.29 is 14.9 Å². The normalized spacial score (nSPS) is 21.1. The summed E-state index contributed by atoms with van der Waals surface area (Å²) >= 11 is 0. The third kappa shape index (κ3) is 4.24. The highest BCUT2D eigenvalue weighted by atomic mass is 16.5. The number of hydrogen-bond donors (Lipinski definition) is 3. The Labute approximate surface area is 136 Å². The van der Waals surface area contributed by atoms with Gasteiger partial charge in [-0.3, -0.25) is 0 Å². The molecule has 2 atom stereocenters. The number of para-hydroxylation sites is 1. The Balaban J connectivity index is 1.67. The fourth-order valence-electron chi connectivity index (χ4n) is 2.93. The molecule has 0 amide bonds. The third-order valence-electron chi connectivity index (χ3n) is 4.28. The van der Waals surface area contributed by atoms with Gasteiger partial charge in [-0.2, -0.15) is 0 Å². The molecule has 4 nitrogen and oxygen atoms in total. The van der Waals surface area contributed by atoms with Crippen LogP contribution in [0, 0.1) is 0 Å². The van der Waals surface area contributed by atoms with Gasteiger partial charge in [0.2, 0.25) is 0 Å². The second kappa shape index (κ2) is 7.49. The number of nitrogens with one attached hydrogen (secondary N) is 1. The van der Waals surface area contributed by atoms with Crippen molar-refractivity contribution in [3.63, 3.8) is 0 Å². The Hall–Kier alpha value is -2.04. The highest BCUT2D eigenvalue weighted by molar-refractivity contribution is 5.53. The van der Waals surface area contributed by atoms with Gasteiger partial charge in [0.05, 0.1) is 19.3 Å². The first-order chi connectivity index (χ1) is 11.2. The topological polar surface area (TPSA) is 61.7 Å². The number of anilines is 1. The van der Waals surface area contributed by atoms with Gasteiger partial charge < -0.3 is 20.3 Å². The van der Waals surface area contributed by atoms with Crippen LogP contribution in [0.2, 0.25) is 0 Å². The minimum absolute atomic E-state index is 0.0136. The zero-order valence-electron chi connectivity index (χ0n) is 13.1. The number of benzene rings is 2. The van der Waals surface area contributed by atoms with Crippen LogP contribution in [0.15, 0.2) is 48.5 Å². The first-order valence-electron chi connectivity index (χ1n) is 8.09. The lowest BCUT2D eigenvalue weighted by Crippen LogP contribution is -2.36. The number of aliphatic hydroxyl groups excluding tert-OH is 1. The van der Waals surface area contributed by atoms with Crippen molar-refractivity contribution in [1.29, 1.82) is 0 Å². The molecule has 0 aromatic heterocycles. The summed E-state index contributed by atoms with van der Waals surface area (Å²) in [6.45, 7) is 0.725. The van der Waals surface area contributed by atoms with E-state index in [1.807, 2.05) is 24.3 Å². The van der Waals surface area contributed by atoms with E-state index in [1.54, 1.807) is 12.1 Å². The van der Waals surface area contributed by atoms with Gasteiger partial charge in [-0.1, -0.05) is 30.3 Å². The summed E-state index contributed by atoms with van der Waals surface area (Å²) in [4.78, 5) is 0. The summed E-state index contributed by atoms with van der Waals surface area (Å²) in [7, 11) is 0. The molecule has 0 spiro atoms. The molecule has 1 fully saturated rings. The van der Waals surface area contributed by atoms with Crippen molar-refractivity contribution in [3.05, 3.63) is 59.7 Å². The molecule has 0 bridgehead atoms. The van der Waals surface area contributed by atoms with Crippen LogP contribution in [0.1, 0.15) is 24.0 Å². The van der Waals surface area contributed by atoms with E-state index in [-0.39, 0.29) is 24.5 Å². The molecular weight excluding hydrogens is 290 g/mol. The molecule has 0 radical (unpaired) electrons. The molecule has 3 N–H and O–H groups in total. The Morgan fingerprint density at radius 3 is 2.52 bits per heavy atom. The highest BCUT2D eigenvalue weighted by Crippen LogP contribution is 2.23. The second-order valence-electron chi connectivity index (χ2n) is 6.06. The van der Waals surface area contributed by atoms with E-state index in [4.69, 9.17) is 9.84 Å². The molecule has 122 valence electrons. The minimum Gasteiger partial charge on any atom is -0.508 e. The number of aromatic hydroxyl groups is 1. The average molecular weight is 313 g/mol. The molecule has 3 rings (SSSR count). The van der Waals surface area contributed by atoms with Crippen molar-refractivity contribution in [2.24, 2.45) is 0 Å². The molecule has 0 unspecified atom stereocenters. The lowest BCUT2D eigenvalue weighted by molar-refractivity contribution is -0.0223. The van der Waals surface area contributed by atoms with Crippen molar-refractivity contribution in [2.45, 2.75) is 31.4 Å². The van der Waals surface area contributed by atoms with E-state index in [0.29, 0.717) is 6.61 Å². The van der Waals surface area contributed by atoms with E-state index < -0.39 is 0 Å². The van der Waals surface area contributed by atoms with Gasteiger partial charge >= 0.3 is 0 Å². The van der Waals surface area contributed by atoms with Gasteiger partial charge in [-0.05, 0) is 48.6 Å². The number of rotatable bonds is 5. The number of aliphatic hydroxyl groups is 1.